The number of hydrogen-bond donors (Lipinski definition) is 0. The topological polar surface area (TPSA) is 59.5 Å². The molecule has 126 valence electrons. The van der Waals surface area contributed by atoms with Crippen molar-refractivity contribution in [1.29, 1.82) is 0 Å². The molecule has 2 aromatic rings. The maximum atomic E-state index is 12.8. The molecular formula is C17H24N2O3S. The fraction of sp³-hybridized carbons (Fsp3) is 0.471. The summed E-state index contributed by atoms with van der Waals surface area (Å²) in [6.07, 6.45) is 1.69. The van der Waals surface area contributed by atoms with Gasteiger partial charge in [0.1, 0.15) is 0 Å². The Labute approximate surface area is 138 Å². The van der Waals surface area contributed by atoms with Crippen LogP contribution in [0, 0.1) is 5.92 Å². The average Bonchev–Trinajstić information content (AvgIpc) is 2.51. The Hall–Kier alpha value is -1.50. The van der Waals surface area contributed by atoms with E-state index in [1.165, 1.54) is 4.31 Å². The van der Waals surface area contributed by atoms with Crippen molar-refractivity contribution in [1.82, 2.24) is 9.29 Å². The Morgan fingerprint density at radius 1 is 1.22 bits per heavy atom. The van der Waals surface area contributed by atoms with E-state index in [0.29, 0.717) is 19.7 Å². The summed E-state index contributed by atoms with van der Waals surface area (Å²) in [5.41, 5.74) is 1.48. The summed E-state index contributed by atoms with van der Waals surface area (Å²) in [6, 6.07) is 9.43. The van der Waals surface area contributed by atoms with E-state index in [0.717, 1.165) is 16.5 Å². The van der Waals surface area contributed by atoms with Crippen LogP contribution < -0.4 is 0 Å². The van der Waals surface area contributed by atoms with E-state index in [1.54, 1.807) is 13.3 Å². The van der Waals surface area contributed by atoms with Crippen LogP contribution in [0.5, 0.6) is 0 Å². The Morgan fingerprint density at radius 3 is 2.65 bits per heavy atom. The molecule has 0 atom stereocenters. The molecular weight excluding hydrogens is 312 g/mol. The maximum Gasteiger partial charge on any atom is 0.218 e. The minimum absolute atomic E-state index is 0.0439. The lowest BCUT2D eigenvalue weighted by molar-refractivity contribution is 0.175. The van der Waals surface area contributed by atoms with Gasteiger partial charge in [0.2, 0.25) is 10.0 Å². The van der Waals surface area contributed by atoms with Crippen molar-refractivity contribution in [3.8, 4) is 0 Å². The van der Waals surface area contributed by atoms with Gasteiger partial charge in [0.15, 0.2) is 0 Å². The van der Waals surface area contributed by atoms with Crippen molar-refractivity contribution in [3.05, 3.63) is 42.1 Å². The number of rotatable bonds is 8. The summed E-state index contributed by atoms with van der Waals surface area (Å²) >= 11 is 0. The minimum Gasteiger partial charge on any atom is -0.383 e. The lowest BCUT2D eigenvalue weighted by Crippen LogP contribution is -2.37. The number of sulfonamides is 1. The van der Waals surface area contributed by atoms with Crippen LogP contribution in [0.25, 0.3) is 10.9 Å². The van der Waals surface area contributed by atoms with Crippen LogP contribution in [0.1, 0.15) is 19.4 Å². The predicted molar refractivity (Wildman–Crippen MR) is 92.7 cm³/mol. The summed E-state index contributed by atoms with van der Waals surface area (Å²) in [5.74, 6) is 0.213. The first-order valence-corrected chi connectivity index (χ1v) is 9.34. The maximum absolute atomic E-state index is 12.8. The fourth-order valence-corrected chi connectivity index (χ4v) is 4.20. The monoisotopic (exact) mass is 336 g/mol. The van der Waals surface area contributed by atoms with Gasteiger partial charge in [-0.25, -0.2) is 8.42 Å². The van der Waals surface area contributed by atoms with Gasteiger partial charge in [-0.05, 0) is 17.5 Å². The van der Waals surface area contributed by atoms with Gasteiger partial charge < -0.3 is 4.74 Å². The van der Waals surface area contributed by atoms with Gasteiger partial charge in [0.25, 0.3) is 0 Å². The first kappa shape index (κ1) is 17.8. The molecule has 0 fully saturated rings. The van der Waals surface area contributed by atoms with Crippen LogP contribution in [-0.2, 0) is 20.5 Å². The van der Waals surface area contributed by atoms with Gasteiger partial charge in [-0.15, -0.1) is 0 Å². The molecule has 23 heavy (non-hydrogen) atoms. The van der Waals surface area contributed by atoms with E-state index < -0.39 is 10.0 Å². The quantitative estimate of drug-likeness (QED) is 0.743. The molecule has 0 aliphatic rings. The second-order valence-corrected chi connectivity index (χ2v) is 7.96. The molecule has 2 rings (SSSR count). The molecule has 5 nitrogen and oxygen atoms in total. The summed E-state index contributed by atoms with van der Waals surface area (Å²) in [4.78, 5) is 4.34. The van der Waals surface area contributed by atoms with Crippen molar-refractivity contribution in [2.24, 2.45) is 5.92 Å². The Balaban J connectivity index is 2.30. The van der Waals surface area contributed by atoms with Gasteiger partial charge >= 0.3 is 0 Å². The van der Waals surface area contributed by atoms with E-state index in [-0.39, 0.29) is 11.7 Å². The highest BCUT2D eigenvalue weighted by atomic mass is 32.2. The van der Waals surface area contributed by atoms with E-state index in [1.807, 2.05) is 44.2 Å². The first-order valence-electron chi connectivity index (χ1n) is 7.73. The van der Waals surface area contributed by atoms with Crippen molar-refractivity contribution in [3.63, 3.8) is 0 Å². The third-order valence-electron chi connectivity index (χ3n) is 3.56. The van der Waals surface area contributed by atoms with Crippen LogP contribution in [0.4, 0.5) is 0 Å². The third-order valence-corrected chi connectivity index (χ3v) is 5.36. The number of para-hydroxylation sites is 1. The highest BCUT2D eigenvalue weighted by molar-refractivity contribution is 7.88. The lowest BCUT2D eigenvalue weighted by atomic mass is 10.1. The van der Waals surface area contributed by atoms with E-state index in [9.17, 15) is 8.42 Å². The zero-order valence-corrected chi connectivity index (χ0v) is 14.7. The molecule has 0 bridgehead atoms. The summed E-state index contributed by atoms with van der Waals surface area (Å²) in [7, 11) is -1.84. The Kier molecular flexibility index (Phi) is 6.10. The van der Waals surface area contributed by atoms with Gasteiger partial charge in [-0.1, -0.05) is 38.1 Å². The predicted octanol–water partition coefficient (Wildman–Crippen LogP) is 2.67. The van der Waals surface area contributed by atoms with E-state index in [4.69, 9.17) is 4.74 Å². The van der Waals surface area contributed by atoms with Gasteiger partial charge in [-0.3, -0.25) is 4.98 Å². The number of aromatic nitrogens is 1. The molecule has 1 aromatic carbocycles. The highest BCUT2D eigenvalue weighted by Gasteiger charge is 2.24. The van der Waals surface area contributed by atoms with Crippen molar-refractivity contribution < 1.29 is 13.2 Å². The average molecular weight is 336 g/mol. The largest absolute Gasteiger partial charge is 0.383 e. The smallest absolute Gasteiger partial charge is 0.218 e. The highest BCUT2D eigenvalue weighted by Crippen LogP contribution is 2.20. The number of ether oxygens (including phenoxy) is 1. The van der Waals surface area contributed by atoms with Crippen LogP contribution in [-0.4, -0.2) is 44.5 Å². The minimum atomic E-state index is -3.42. The SMILES string of the molecule is COCCN(CC(C)C)S(=O)(=O)Cc1cccc2cccnc12. The molecule has 6 heteroatoms. The number of methoxy groups -OCH3 is 1. The van der Waals surface area contributed by atoms with E-state index in [2.05, 4.69) is 4.98 Å². The number of benzene rings is 1. The van der Waals surface area contributed by atoms with Crippen molar-refractivity contribution in [2.75, 3.05) is 26.8 Å². The van der Waals surface area contributed by atoms with Crippen molar-refractivity contribution >= 4 is 20.9 Å². The lowest BCUT2D eigenvalue weighted by Gasteiger charge is -2.24. The second kappa shape index (κ2) is 7.86. The number of nitrogens with zero attached hydrogens (tertiary/aromatic N) is 2. The van der Waals surface area contributed by atoms with Crippen LogP contribution in [0.15, 0.2) is 36.5 Å². The number of fused-ring (bicyclic) bond motifs is 1. The Morgan fingerprint density at radius 2 is 1.96 bits per heavy atom. The zero-order chi connectivity index (χ0) is 16.9. The first-order chi connectivity index (χ1) is 10.9. The fourth-order valence-electron chi connectivity index (χ4n) is 2.52. The molecule has 0 saturated carbocycles. The molecule has 0 unspecified atom stereocenters. The molecule has 0 radical (unpaired) electrons. The third kappa shape index (κ3) is 4.73. The van der Waals surface area contributed by atoms with Gasteiger partial charge in [0, 0.05) is 31.8 Å². The molecule has 0 amide bonds. The van der Waals surface area contributed by atoms with E-state index >= 15 is 0 Å². The number of pyridine rings is 1. The molecule has 0 spiro atoms. The molecule has 0 aliphatic heterocycles. The van der Waals surface area contributed by atoms with Crippen LogP contribution in [0.3, 0.4) is 0 Å². The van der Waals surface area contributed by atoms with Crippen LogP contribution >= 0.6 is 0 Å². The van der Waals surface area contributed by atoms with Gasteiger partial charge in [-0.2, -0.15) is 4.31 Å². The normalized spacial score (nSPS) is 12.4. The molecule has 0 saturated heterocycles. The summed E-state index contributed by atoms with van der Waals surface area (Å²) < 4.78 is 32.2. The van der Waals surface area contributed by atoms with Gasteiger partial charge in [0.05, 0.1) is 17.9 Å². The molecule has 1 aromatic heterocycles. The molecule has 1 heterocycles. The number of hydrogen-bond acceptors (Lipinski definition) is 4. The molecule has 0 N–H and O–H groups in total. The zero-order valence-electron chi connectivity index (χ0n) is 13.9. The summed E-state index contributed by atoms with van der Waals surface area (Å²) in [5, 5.41) is 0.951. The van der Waals surface area contributed by atoms with Crippen molar-refractivity contribution in [2.45, 2.75) is 19.6 Å². The van der Waals surface area contributed by atoms with Crippen LogP contribution in [0.2, 0.25) is 0 Å². The summed E-state index contributed by atoms with van der Waals surface area (Å²) in [6.45, 7) is 5.27. The molecule has 0 aliphatic carbocycles. The second-order valence-electron chi connectivity index (χ2n) is 5.99. The standard InChI is InChI=1S/C17H24N2O3S/c1-14(2)12-19(10-11-22-3)23(20,21)13-16-7-4-6-15-8-5-9-18-17(15)16/h4-9,14H,10-13H2,1-3H3. The Bertz CT molecular complexity index is 739.